The Morgan fingerprint density at radius 2 is 1.89 bits per heavy atom. The van der Waals surface area contributed by atoms with Crippen LogP contribution < -0.4 is 4.90 Å². The fourth-order valence-corrected chi connectivity index (χ4v) is 3.64. The number of benzene rings is 2. The molecular weight excluding hydrogens is 370 g/mol. The van der Waals surface area contributed by atoms with Crippen LogP contribution >= 0.6 is 11.3 Å². The number of aromatic nitrogens is 2. The second kappa shape index (κ2) is 8.02. The van der Waals surface area contributed by atoms with E-state index in [9.17, 15) is 4.79 Å². The zero-order chi connectivity index (χ0) is 19.3. The minimum Gasteiger partial charge on any atom is -0.444 e. The molecule has 0 aliphatic carbocycles. The van der Waals surface area contributed by atoms with Crippen molar-refractivity contribution in [2.24, 2.45) is 0 Å². The van der Waals surface area contributed by atoms with Crippen molar-refractivity contribution in [3.05, 3.63) is 90.8 Å². The van der Waals surface area contributed by atoms with Crippen LogP contribution in [-0.2, 0) is 0 Å². The molecule has 2 heterocycles. The molecule has 2 aromatic carbocycles. The molecule has 6 heteroatoms. The zero-order valence-electron chi connectivity index (χ0n) is 15.0. The van der Waals surface area contributed by atoms with Gasteiger partial charge >= 0.3 is 0 Å². The summed E-state index contributed by atoms with van der Waals surface area (Å²) in [7, 11) is 0. The maximum absolute atomic E-state index is 13.1. The topological polar surface area (TPSA) is 59.2 Å². The van der Waals surface area contributed by atoms with Crippen LogP contribution in [0.25, 0.3) is 22.6 Å². The fraction of sp³-hybridized carbons (Fsp3) is 0.0455. The highest BCUT2D eigenvalue weighted by Gasteiger charge is 2.20. The third-order valence-electron chi connectivity index (χ3n) is 4.20. The Hall–Kier alpha value is -3.51. The molecule has 0 unspecified atom stereocenters. The lowest BCUT2D eigenvalue weighted by atomic mass is 10.1. The average molecular weight is 387 g/mol. The summed E-state index contributed by atoms with van der Waals surface area (Å²) in [5.74, 6) is 0.535. The van der Waals surface area contributed by atoms with E-state index in [1.165, 1.54) is 17.7 Å². The van der Waals surface area contributed by atoms with Gasteiger partial charge in [0.25, 0.3) is 5.91 Å². The summed E-state index contributed by atoms with van der Waals surface area (Å²) in [5.41, 5.74) is 3.31. The quantitative estimate of drug-likeness (QED) is 0.421. The van der Waals surface area contributed by atoms with Crippen LogP contribution in [0, 0.1) is 0 Å². The molecule has 4 rings (SSSR count). The van der Waals surface area contributed by atoms with Gasteiger partial charge in [-0.2, -0.15) is 0 Å². The van der Waals surface area contributed by atoms with Crippen molar-refractivity contribution in [1.82, 2.24) is 9.97 Å². The SMILES string of the molecule is C=CCN(C(=O)c1ccc(-c2cnco2)cc1)c1nc(-c2ccccc2)cs1. The van der Waals surface area contributed by atoms with Crippen molar-refractivity contribution < 1.29 is 9.21 Å². The summed E-state index contributed by atoms with van der Waals surface area (Å²) in [6, 6.07) is 17.2. The number of carbonyl (C=O) groups excluding carboxylic acids is 1. The van der Waals surface area contributed by atoms with Crippen LogP contribution in [0.1, 0.15) is 10.4 Å². The Morgan fingerprint density at radius 1 is 1.11 bits per heavy atom. The number of nitrogens with zero attached hydrogens (tertiary/aromatic N) is 3. The van der Waals surface area contributed by atoms with Crippen LogP contribution in [0.5, 0.6) is 0 Å². The molecule has 0 radical (unpaired) electrons. The molecule has 0 saturated heterocycles. The van der Waals surface area contributed by atoms with Gasteiger partial charge in [-0.25, -0.2) is 9.97 Å². The van der Waals surface area contributed by atoms with Gasteiger partial charge in [0.15, 0.2) is 17.3 Å². The summed E-state index contributed by atoms with van der Waals surface area (Å²) in [6.45, 7) is 4.16. The van der Waals surface area contributed by atoms with Crippen LogP contribution in [0.15, 0.2) is 89.6 Å². The first-order chi connectivity index (χ1) is 13.8. The summed E-state index contributed by atoms with van der Waals surface area (Å²) in [4.78, 5) is 23.3. The van der Waals surface area contributed by atoms with E-state index in [1.54, 1.807) is 29.3 Å². The van der Waals surface area contributed by atoms with Gasteiger partial charge in [-0.15, -0.1) is 17.9 Å². The van der Waals surface area contributed by atoms with Gasteiger partial charge in [-0.05, 0) is 12.1 Å². The number of rotatable bonds is 6. The van der Waals surface area contributed by atoms with Gasteiger partial charge in [0, 0.05) is 28.6 Å². The Kier molecular flexibility index (Phi) is 5.12. The smallest absolute Gasteiger partial charge is 0.260 e. The zero-order valence-corrected chi connectivity index (χ0v) is 15.8. The highest BCUT2D eigenvalue weighted by atomic mass is 32.1. The number of thiazole rings is 1. The van der Waals surface area contributed by atoms with E-state index < -0.39 is 0 Å². The molecule has 0 aliphatic rings. The van der Waals surface area contributed by atoms with E-state index in [2.05, 4.69) is 16.5 Å². The molecular formula is C22H17N3O2S. The van der Waals surface area contributed by atoms with Crippen molar-refractivity contribution in [3.63, 3.8) is 0 Å². The molecule has 5 nitrogen and oxygen atoms in total. The Balaban J connectivity index is 1.60. The summed E-state index contributed by atoms with van der Waals surface area (Å²) in [5, 5.41) is 2.60. The van der Waals surface area contributed by atoms with Crippen LogP contribution in [-0.4, -0.2) is 22.4 Å². The van der Waals surface area contributed by atoms with Gasteiger partial charge in [-0.1, -0.05) is 48.5 Å². The van der Waals surface area contributed by atoms with Gasteiger partial charge < -0.3 is 4.42 Å². The number of oxazole rings is 1. The molecule has 1 amide bonds. The van der Waals surface area contributed by atoms with Crippen LogP contribution in [0.2, 0.25) is 0 Å². The number of amides is 1. The van der Waals surface area contributed by atoms with Crippen molar-refractivity contribution in [2.75, 3.05) is 11.4 Å². The second-order valence-corrected chi connectivity index (χ2v) is 6.87. The normalized spacial score (nSPS) is 10.6. The van der Waals surface area contributed by atoms with Crippen molar-refractivity contribution in [2.45, 2.75) is 0 Å². The molecule has 28 heavy (non-hydrogen) atoms. The molecule has 0 fully saturated rings. The van der Waals surface area contributed by atoms with Gasteiger partial charge in [-0.3, -0.25) is 9.69 Å². The molecule has 138 valence electrons. The standard InChI is InChI=1S/C22H17N3O2S/c1-2-12-25(22-24-19(14-28-22)16-6-4-3-5-7-16)21(26)18-10-8-17(9-11-18)20-13-23-15-27-20/h2-11,13-15H,1,12H2. The number of hydrogen-bond donors (Lipinski definition) is 0. The lowest BCUT2D eigenvalue weighted by Crippen LogP contribution is -2.30. The molecule has 0 spiro atoms. The maximum atomic E-state index is 13.1. The van der Waals surface area contributed by atoms with E-state index in [1.807, 2.05) is 47.8 Å². The Morgan fingerprint density at radius 3 is 2.57 bits per heavy atom. The fourth-order valence-electron chi connectivity index (χ4n) is 2.80. The molecule has 0 N–H and O–H groups in total. The Labute approximate surface area is 166 Å². The second-order valence-electron chi connectivity index (χ2n) is 6.03. The summed E-state index contributed by atoms with van der Waals surface area (Å²) >= 11 is 1.44. The molecule has 0 aliphatic heterocycles. The first kappa shape index (κ1) is 17.9. The van der Waals surface area contributed by atoms with Crippen LogP contribution in [0.3, 0.4) is 0 Å². The van der Waals surface area contributed by atoms with Gasteiger partial charge in [0.05, 0.1) is 11.9 Å². The molecule has 2 aromatic heterocycles. The molecule has 0 atom stereocenters. The van der Waals surface area contributed by atoms with Crippen LogP contribution in [0.4, 0.5) is 5.13 Å². The average Bonchev–Trinajstić information content (AvgIpc) is 3.45. The number of anilines is 1. The lowest BCUT2D eigenvalue weighted by molar-refractivity contribution is 0.0989. The lowest BCUT2D eigenvalue weighted by Gasteiger charge is -2.18. The highest BCUT2D eigenvalue weighted by molar-refractivity contribution is 7.14. The van der Waals surface area contributed by atoms with Crippen molar-refractivity contribution >= 4 is 22.4 Å². The third-order valence-corrected chi connectivity index (χ3v) is 5.06. The van der Waals surface area contributed by atoms with E-state index in [4.69, 9.17) is 4.42 Å². The van der Waals surface area contributed by atoms with E-state index in [-0.39, 0.29) is 5.91 Å². The largest absolute Gasteiger partial charge is 0.444 e. The third kappa shape index (κ3) is 3.63. The predicted molar refractivity (Wildman–Crippen MR) is 111 cm³/mol. The number of hydrogen-bond acceptors (Lipinski definition) is 5. The minimum absolute atomic E-state index is 0.127. The van der Waals surface area contributed by atoms with E-state index in [0.29, 0.717) is 23.0 Å². The van der Waals surface area contributed by atoms with Gasteiger partial charge in [0.2, 0.25) is 0 Å². The monoisotopic (exact) mass is 387 g/mol. The summed E-state index contributed by atoms with van der Waals surface area (Å²) in [6.07, 6.45) is 4.72. The van der Waals surface area contributed by atoms with E-state index >= 15 is 0 Å². The minimum atomic E-state index is -0.127. The number of carbonyl (C=O) groups is 1. The van der Waals surface area contributed by atoms with E-state index in [0.717, 1.165) is 16.8 Å². The summed E-state index contributed by atoms with van der Waals surface area (Å²) < 4.78 is 5.29. The first-order valence-corrected chi connectivity index (χ1v) is 9.57. The molecule has 0 bridgehead atoms. The molecule has 0 saturated carbocycles. The predicted octanol–water partition coefficient (Wildman–Crippen LogP) is 5.30. The van der Waals surface area contributed by atoms with Crippen molar-refractivity contribution in [1.29, 1.82) is 0 Å². The highest BCUT2D eigenvalue weighted by Crippen LogP contribution is 2.28. The van der Waals surface area contributed by atoms with Crippen molar-refractivity contribution in [3.8, 4) is 22.6 Å². The maximum Gasteiger partial charge on any atom is 0.260 e. The Bertz CT molecular complexity index is 1070. The molecule has 4 aromatic rings. The first-order valence-electron chi connectivity index (χ1n) is 8.69. The van der Waals surface area contributed by atoms with Gasteiger partial charge in [0.1, 0.15) is 0 Å².